The van der Waals surface area contributed by atoms with Crippen LogP contribution in [0.1, 0.15) is 11.3 Å². The molecule has 0 aliphatic rings. The van der Waals surface area contributed by atoms with E-state index in [1.807, 2.05) is 79.0 Å². The van der Waals surface area contributed by atoms with Crippen LogP contribution in [-0.4, -0.2) is 24.6 Å². The van der Waals surface area contributed by atoms with Gasteiger partial charge in [-0.25, -0.2) is 9.97 Å². The molecule has 0 aliphatic carbocycles. The molecule has 0 spiro atoms. The summed E-state index contributed by atoms with van der Waals surface area (Å²) in [5.41, 5.74) is 3.97. The average molecular weight is 426 g/mol. The van der Waals surface area contributed by atoms with Crippen LogP contribution in [0.4, 0.5) is 0 Å². The summed E-state index contributed by atoms with van der Waals surface area (Å²) in [6.45, 7) is 0. The Morgan fingerprint density at radius 3 is 2.16 bits per heavy atom. The van der Waals surface area contributed by atoms with Crippen LogP contribution in [0.2, 0.25) is 0 Å². The van der Waals surface area contributed by atoms with Crippen LogP contribution < -0.4 is 0 Å². The number of hydrogen-bond donors (Lipinski definition) is 2. The number of benzene rings is 3. The average Bonchev–Trinajstić information content (AvgIpc) is 3.12. The van der Waals surface area contributed by atoms with Crippen molar-refractivity contribution < 1.29 is 10.2 Å². The molecule has 0 amide bonds. The summed E-state index contributed by atoms with van der Waals surface area (Å²) in [6, 6.07) is 26.8. The van der Waals surface area contributed by atoms with E-state index in [-0.39, 0.29) is 11.6 Å². The van der Waals surface area contributed by atoms with Gasteiger partial charge in [0, 0.05) is 23.1 Å². The van der Waals surface area contributed by atoms with Gasteiger partial charge in [0.15, 0.2) is 5.65 Å². The van der Waals surface area contributed by atoms with Crippen LogP contribution in [0, 0.1) is 0 Å². The maximum atomic E-state index is 11.0. The molecule has 5 nitrogen and oxygen atoms in total. The molecule has 0 saturated heterocycles. The number of aromatic hydroxyl groups is 2. The van der Waals surface area contributed by atoms with Gasteiger partial charge in [-0.2, -0.15) is 0 Å². The Bertz CT molecular complexity index is 1330. The summed E-state index contributed by atoms with van der Waals surface area (Å²) < 4.78 is 1.70. The first-order chi connectivity index (χ1) is 15.2. The largest absolute Gasteiger partial charge is 0.508 e. The summed E-state index contributed by atoms with van der Waals surface area (Å²) >= 11 is 1.45. The second-order valence-electron chi connectivity index (χ2n) is 7.13. The SMILES string of the molecule is Oc1ccc(Sc2nc(-c3ccccc3)cn3c(O)c(Cc4ccccc4)nc23)cc1. The molecule has 0 radical (unpaired) electrons. The minimum absolute atomic E-state index is 0.117. The van der Waals surface area contributed by atoms with Crippen LogP contribution in [0.25, 0.3) is 16.9 Å². The topological polar surface area (TPSA) is 70.7 Å². The van der Waals surface area contributed by atoms with E-state index in [9.17, 15) is 10.2 Å². The Hall–Kier alpha value is -3.77. The van der Waals surface area contributed by atoms with E-state index < -0.39 is 0 Å². The van der Waals surface area contributed by atoms with Crippen LogP contribution in [0.3, 0.4) is 0 Å². The first-order valence-corrected chi connectivity index (χ1v) is 10.7. The van der Waals surface area contributed by atoms with Crippen molar-refractivity contribution in [3.8, 4) is 22.9 Å². The van der Waals surface area contributed by atoms with Crippen molar-refractivity contribution in [1.29, 1.82) is 0 Å². The number of imidazole rings is 1. The normalized spacial score (nSPS) is 11.1. The zero-order valence-electron chi connectivity index (χ0n) is 16.5. The van der Waals surface area contributed by atoms with Crippen molar-refractivity contribution in [1.82, 2.24) is 14.4 Å². The third-order valence-corrected chi connectivity index (χ3v) is 5.93. The highest BCUT2D eigenvalue weighted by molar-refractivity contribution is 7.99. The van der Waals surface area contributed by atoms with E-state index >= 15 is 0 Å². The molecule has 0 fully saturated rings. The zero-order valence-corrected chi connectivity index (χ0v) is 17.3. The van der Waals surface area contributed by atoms with E-state index in [4.69, 9.17) is 9.97 Å². The highest BCUT2D eigenvalue weighted by Crippen LogP contribution is 2.35. The standard InChI is InChI=1S/C25H19N3O2S/c29-19-11-13-20(14-12-19)31-24-23-26-21(15-17-7-3-1-4-8-17)25(30)28(23)16-22(27-24)18-9-5-2-6-10-18/h1-14,16,29-30H,15H2. The van der Waals surface area contributed by atoms with Crippen molar-refractivity contribution in [3.63, 3.8) is 0 Å². The summed E-state index contributed by atoms with van der Waals surface area (Å²) in [6.07, 6.45) is 2.35. The Morgan fingerprint density at radius 2 is 1.45 bits per heavy atom. The monoisotopic (exact) mass is 425 g/mol. The lowest BCUT2D eigenvalue weighted by Gasteiger charge is -2.08. The fraction of sp³-hybridized carbons (Fsp3) is 0.0400. The van der Waals surface area contributed by atoms with Gasteiger partial charge in [-0.15, -0.1) is 0 Å². The van der Waals surface area contributed by atoms with Crippen molar-refractivity contribution >= 4 is 17.4 Å². The van der Waals surface area contributed by atoms with Gasteiger partial charge in [0.2, 0.25) is 5.88 Å². The van der Waals surface area contributed by atoms with Gasteiger partial charge in [0.05, 0.1) is 5.69 Å². The number of phenols is 1. The summed E-state index contributed by atoms with van der Waals surface area (Å²) in [5.74, 6) is 0.329. The molecule has 2 N–H and O–H groups in total. The number of rotatable bonds is 5. The van der Waals surface area contributed by atoms with Crippen LogP contribution in [0.15, 0.2) is 101 Å². The van der Waals surface area contributed by atoms with Gasteiger partial charge in [-0.3, -0.25) is 4.40 Å². The number of fused-ring (bicyclic) bond motifs is 1. The number of aromatic nitrogens is 3. The molecule has 3 aromatic carbocycles. The molecule has 5 rings (SSSR count). The van der Waals surface area contributed by atoms with Gasteiger partial charge in [0.25, 0.3) is 0 Å². The van der Waals surface area contributed by atoms with E-state index in [0.29, 0.717) is 22.8 Å². The lowest BCUT2D eigenvalue weighted by molar-refractivity contribution is 0.442. The van der Waals surface area contributed by atoms with Crippen molar-refractivity contribution in [3.05, 3.63) is 102 Å². The van der Waals surface area contributed by atoms with E-state index in [0.717, 1.165) is 21.7 Å². The lowest BCUT2D eigenvalue weighted by atomic mass is 10.1. The number of phenolic OH excluding ortho intramolecular Hbond substituents is 1. The van der Waals surface area contributed by atoms with Crippen LogP contribution >= 0.6 is 11.8 Å². The molecule has 2 heterocycles. The van der Waals surface area contributed by atoms with Gasteiger partial charge in [-0.05, 0) is 29.8 Å². The van der Waals surface area contributed by atoms with E-state index in [1.54, 1.807) is 16.5 Å². The van der Waals surface area contributed by atoms with Gasteiger partial charge in [-0.1, -0.05) is 72.4 Å². The summed E-state index contributed by atoms with van der Waals surface area (Å²) in [4.78, 5) is 10.5. The predicted octanol–water partition coefficient (Wildman–Crippen LogP) is 5.55. The minimum atomic E-state index is 0.117. The molecular formula is C25H19N3O2S. The van der Waals surface area contributed by atoms with Gasteiger partial charge >= 0.3 is 0 Å². The molecular weight excluding hydrogens is 406 g/mol. The summed E-state index contributed by atoms with van der Waals surface area (Å²) in [7, 11) is 0. The molecule has 2 aromatic heterocycles. The molecule has 0 saturated carbocycles. The van der Waals surface area contributed by atoms with Crippen molar-refractivity contribution in [2.75, 3.05) is 0 Å². The van der Waals surface area contributed by atoms with Crippen molar-refractivity contribution in [2.24, 2.45) is 0 Å². The number of nitrogens with zero attached hydrogens (tertiary/aromatic N) is 3. The second kappa shape index (κ2) is 8.16. The molecule has 0 bridgehead atoms. The molecule has 31 heavy (non-hydrogen) atoms. The van der Waals surface area contributed by atoms with Crippen LogP contribution in [-0.2, 0) is 6.42 Å². The van der Waals surface area contributed by atoms with E-state index in [2.05, 4.69) is 0 Å². The quantitative estimate of drug-likeness (QED) is 0.386. The fourth-order valence-electron chi connectivity index (χ4n) is 3.40. The number of hydrogen-bond acceptors (Lipinski definition) is 5. The Labute approximate surface area is 183 Å². The lowest BCUT2D eigenvalue weighted by Crippen LogP contribution is -1.95. The fourth-order valence-corrected chi connectivity index (χ4v) is 4.28. The predicted molar refractivity (Wildman–Crippen MR) is 122 cm³/mol. The molecule has 0 unspecified atom stereocenters. The van der Waals surface area contributed by atoms with E-state index in [1.165, 1.54) is 11.8 Å². The smallest absolute Gasteiger partial charge is 0.219 e. The maximum Gasteiger partial charge on any atom is 0.219 e. The van der Waals surface area contributed by atoms with Gasteiger partial charge in [0.1, 0.15) is 16.5 Å². The summed E-state index contributed by atoms with van der Waals surface area (Å²) in [5, 5.41) is 21.3. The first kappa shape index (κ1) is 19.2. The second-order valence-corrected chi connectivity index (χ2v) is 8.19. The minimum Gasteiger partial charge on any atom is -0.508 e. The Morgan fingerprint density at radius 1 is 0.774 bits per heavy atom. The molecule has 5 aromatic rings. The molecule has 6 heteroatoms. The third-order valence-electron chi connectivity index (χ3n) is 4.96. The first-order valence-electron chi connectivity index (χ1n) is 9.84. The van der Waals surface area contributed by atoms with Crippen molar-refractivity contribution in [2.45, 2.75) is 16.3 Å². The highest BCUT2D eigenvalue weighted by Gasteiger charge is 2.18. The Balaban J connectivity index is 1.64. The third kappa shape index (κ3) is 3.98. The van der Waals surface area contributed by atoms with Gasteiger partial charge < -0.3 is 10.2 Å². The molecule has 0 atom stereocenters. The zero-order chi connectivity index (χ0) is 21.2. The Kier molecular flexibility index (Phi) is 5.06. The van der Waals surface area contributed by atoms with Crippen LogP contribution in [0.5, 0.6) is 11.6 Å². The molecule has 0 aliphatic heterocycles. The molecule has 152 valence electrons. The maximum absolute atomic E-state index is 11.0. The highest BCUT2D eigenvalue weighted by atomic mass is 32.2.